The van der Waals surface area contributed by atoms with Gasteiger partial charge in [0.2, 0.25) is 5.89 Å². The van der Waals surface area contributed by atoms with Crippen LogP contribution in [0.15, 0.2) is 71.5 Å². The van der Waals surface area contributed by atoms with E-state index in [0.29, 0.717) is 24.5 Å². The number of aryl methyl sites for hydroxylation is 1. The number of nitrogens with zero attached hydrogens (tertiary/aromatic N) is 3. The quantitative estimate of drug-likeness (QED) is 0.541. The fourth-order valence-corrected chi connectivity index (χ4v) is 2.85. The van der Waals surface area contributed by atoms with Gasteiger partial charge < -0.3 is 9.73 Å². The van der Waals surface area contributed by atoms with Gasteiger partial charge in [-0.15, -0.1) is 0 Å². The van der Waals surface area contributed by atoms with Crippen LogP contribution in [0.4, 0.5) is 4.39 Å². The summed E-state index contributed by atoms with van der Waals surface area (Å²) in [5, 5.41) is 7.01. The third-order valence-electron chi connectivity index (χ3n) is 4.41. The summed E-state index contributed by atoms with van der Waals surface area (Å²) in [7, 11) is 0. The molecule has 6 nitrogen and oxygen atoms in total. The molecule has 4 rings (SSSR count). The van der Waals surface area contributed by atoms with E-state index in [0.717, 1.165) is 11.3 Å². The monoisotopic (exact) mass is 390 g/mol. The van der Waals surface area contributed by atoms with Crippen LogP contribution in [0.1, 0.15) is 21.7 Å². The van der Waals surface area contributed by atoms with Crippen molar-refractivity contribution < 1.29 is 13.6 Å². The predicted molar refractivity (Wildman–Crippen MR) is 106 cm³/mol. The summed E-state index contributed by atoms with van der Waals surface area (Å²) in [5.41, 5.74) is 3.65. The molecule has 0 saturated heterocycles. The summed E-state index contributed by atoms with van der Waals surface area (Å²) in [6.45, 7) is 2.42. The van der Waals surface area contributed by atoms with Crippen molar-refractivity contribution in [3.8, 4) is 17.1 Å². The standard InChI is InChI=1S/C22H19FN4O2/c1-15-5-7-16(8-6-15)22-25-18(14-29-22)9-11-24-21(28)20-10-12-27(26-20)19-4-2-3-17(23)13-19/h2-8,10,12-14H,9,11H2,1H3,(H,24,28). The van der Waals surface area contributed by atoms with Gasteiger partial charge in [0.15, 0.2) is 5.69 Å². The molecule has 7 heteroatoms. The van der Waals surface area contributed by atoms with Crippen molar-refractivity contribution in [1.29, 1.82) is 0 Å². The molecule has 0 aliphatic carbocycles. The zero-order chi connectivity index (χ0) is 20.2. The van der Waals surface area contributed by atoms with Gasteiger partial charge in [-0.2, -0.15) is 5.10 Å². The van der Waals surface area contributed by atoms with Crippen LogP contribution < -0.4 is 5.32 Å². The Bertz CT molecular complexity index is 1130. The Morgan fingerprint density at radius 3 is 2.79 bits per heavy atom. The van der Waals surface area contributed by atoms with Gasteiger partial charge in [0.25, 0.3) is 5.91 Å². The summed E-state index contributed by atoms with van der Waals surface area (Å²) >= 11 is 0. The highest BCUT2D eigenvalue weighted by Crippen LogP contribution is 2.19. The summed E-state index contributed by atoms with van der Waals surface area (Å²) < 4.78 is 20.3. The fraction of sp³-hybridized carbons (Fsp3) is 0.136. The van der Waals surface area contributed by atoms with Crippen molar-refractivity contribution >= 4 is 5.91 Å². The number of aromatic nitrogens is 3. The van der Waals surface area contributed by atoms with Gasteiger partial charge in [0, 0.05) is 24.7 Å². The smallest absolute Gasteiger partial charge is 0.271 e. The molecule has 146 valence electrons. The van der Waals surface area contributed by atoms with Gasteiger partial charge in [0.05, 0.1) is 11.4 Å². The molecule has 0 aliphatic heterocycles. The van der Waals surface area contributed by atoms with Gasteiger partial charge >= 0.3 is 0 Å². The Balaban J connectivity index is 1.33. The second-order valence-electron chi connectivity index (χ2n) is 6.64. The second kappa shape index (κ2) is 8.10. The zero-order valence-corrected chi connectivity index (χ0v) is 15.8. The fourth-order valence-electron chi connectivity index (χ4n) is 2.85. The number of carbonyl (C=O) groups is 1. The first kappa shape index (κ1) is 18.6. The highest BCUT2D eigenvalue weighted by Gasteiger charge is 2.11. The Kier molecular flexibility index (Phi) is 5.20. The minimum atomic E-state index is -0.360. The maximum absolute atomic E-state index is 13.3. The number of hydrogen-bond acceptors (Lipinski definition) is 4. The van der Waals surface area contributed by atoms with E-state index in [1.807, 2.05) is 31.2 Å². The van der Waals surface area contributed by atoms with E-state index in [1.165, 1.54) is 22.4 Å². The van der Waals surface area contributed by atoms with Crippen LogP contribution in [0.3, 0.4) is 0 Å². The van der Waals surface area contributed by atoms with Gasteiger partial charge in [-0.25, -0.2) is 14.1 Å². The SMILES string of the molecule is Cc1ccc(-c2nc(CCNC(=O)c3ccn(-c4cccc(F)c4)n3)co2)cc1. The van der Waals surface area contributed by atoms with E-state index in [-0.39, 0.29) is 17.4 Å². The number of rotatable bonds is 6. The summed E-state index contributed by atoms with van der Waals surface area (Å²) in [4.78, 5) is 16.8. The lowest BCUT2D eigenvalue weighted by Crippen LogP contribution is -2.26. The average Bonchev–Trinajstić information content (AvgIpc) is 3.39. The summed E-state index contributed by atoms with van der Waals surface area (Å²) in [6, 6.07) is 15.5. The van der Waals surface area contributed by atoms with Crippen molar-refractivity contribution in [2.75, 3.05) is 6.54 Å². The molecule has 29 heavy (non-hydrogen) atoms. The molecule has 2 aromatic heterocycles. The van der Waals surface area contributed by atoms with Crippen LogP contribution in [-0.2, 0) is 6.42 Å². The van der Waals surface area contributed by atoms with Crippen molar-refractivity contribution in [3.63, 3.8) is 0 Å². The predicted octanol–water partition coefficient (Wildman–Crippen LogP) is 3.95. The van der Waals surface area contributed by atoms with E-state index < -0.39 is 0 Å². The average molecular weight is 390 g/mol. The molecule has 2 heterocycles. The van der Waals surface area contributed by atoms with Crippen molar-refractivity contribution in [2.24, 2.45) is 0 Å². The van der Waals surface area contributed by atoms with E-state index in [9.17, 15) is 9.18 Å². The highest BCUT2D eigenvalue weighted by atomic mass is 19.1. The Labute approximate surface area is 167 Å². The van der Waals surface area contributed by atoms with E-state index in [1.54, 1.807) is 30.7 Å². The number of carbonyl (C=O) groups excluding carboxylic acids is 1. The lowest BCUT2D eigenvalue weighted by molar-refractivity contribution is 0.0948. The number of halogens is 1. The van der Waals surface area contributed by atoms with Gasteiger partial charge in [-0.1, -0.05) is 23.8 Å². The molecule has 0 fully saturated rings. The minimum Gasteiger partial charge on any atom is -0.444 e. The van der Waals surface area contributed by atoms with Crippen LogP contribution in [0.5, 0.6) is 0 Å². The van der Waals surface area contributed by atoms with Crippen molar-refractivity contribution in [2.45, 2.75) is 13.3 Å². The molecule has 0 spiro atoms. The molecule has 0 saturated carbocycles. The number of amides is 1. The van der Waals surface area contributed by atoms with Crippen LogP contribution in [0, 0.1) is 12.7 Å². The maximum atomic E-state index is 13.3. The third-order valence-corrected chi connectivity index (χ3v) is 4.41. The highest BCUT2D eigenvalue weighted by molar-refractivity contribution is 5.92. The van der Waals surface area contributed by atoms with Crippen LogP contribution in [-0.4, -0.2) is 27.2 Å². The zero-order valence-electron chi connectivity index (χ0n) is 15.8. The number of nitrogens with one attached hydrogen (secondary N) is 1. The number of oxazole rings is 1. The molecule has 1 amide bonds. The molecule has 2 aromatic carbocycles. The molecular weight excluding hydrogens is 371 g/mol. The lowest BCUT2D eigenvalue weighted by Gasteiger charge is -2.02. The molecule has 0 aliphatic rings. The molecule has 0 unspecified atom stereocenters. The first-order valence-electron chi connectivity index (χ1n) is 9.20. The Morgan fingerprint density at radius 2 is 2.00 bits per heavy atom. The largest absolute Gasteiger partial charge is 0.444 e. The molecule has 4 aromatic rings. The van der Waals surface area contributed by atoms with Crippen LogP contribution in [0.2, 0.25) is 0 Å². The lowest BCUT2D eigenvalue weighted by atomic mass is 10.1. The Hall–Kier alpha value is -3.74. The van der Waals surface area contributed by atoms with Gasteiger partial charge in [-0.3, -0.25) is 4.79 Å². The summed E-state index contributed by atoms with van der Waals surface area (Å²) in [6.07, 6.45) is 3.75. The molecule has 0 atom stereocenters. The maximum Gasteiger partial charge on any atom is 0.271 e. The molecule has 0 bridgehead atoms. The minimum absolute atomic E-state index is 0.259. The second-order valence-corrected chi connectivity index (χ2v) is 6.64. The normalized spacial score (nSPS) is 10.8. The van der Waals surface area contributed by atoms with Crippen molar-refractivity contribution in [1.82, 2.24) is 20.1 Å². The molecular formula is C22H19FN4O2. The topological polar surface area (TPSA) is 73.0 Å². The van der Waals surface area contributed by atoms with E-state index >= 15 is 0 Å². The molecule has 1 N–H and O–H groups in total. The first-order chi connectivity index (χ1) is 14.1. The van der Waals surface area contributed by atoms with E-state index in [4.69, 9.17) is 4.42 Å². The van der Waals surface area contributed by atoms with Crippen molar-refractivity contribution in [3.05, 3.63) is 89.8 Å². The number of benzene rings is 2. The van der Waals surface area contributed by atoms with Crippen LogP contribution >= 0.6 is 0 Å². The molecule has 0 radical (unpaired) electrons. The van der Waals surface area contributed by atoms with Crippen LogP contribution in [0.25, 0.3) is 17.1 Å². The van der Waals surface area contributed by atoms with Gasteiger partial charge in [-0.05, 0) is 43.3 Å². The third kappa shape index (κ3) is 4.40. The summed E-state index contributed by atoms with van der Waals surface area (Å²) in [5.74, 6) is -0.107. The van der Waals surface area contributed by atoms with E-state index in [2.05, 4.69) is 15.4 Å². The number of hydrogen-bond donors (Lipinski definition) is 1. The Morgan fingerprint density at radius 1 is 1.17 bits per heavy atom. The first-order valence-corrected chi connectivity index (χ1v) is 9.20. The van der Waals surface area contributed by atoms with Gasteiger partial charge in [0.1, 0.15) is 12.1 Å².